The first kappa shape index (κ1) is 13.8. The van der Waals surface area contributed by atoms with Gasteiger partial charge in [0, 0.05) is 11.1 Å². The number of hydrogen-bond acceptors (Lipinski definition) is 5. The number of benzene rings is 1. The van der Waals surface area contributed by atoms with Crippen molar-refractivity contribution in [2.24, 2.45) is 0 Å². The molecule has 0 aliphatic heterocycles. The summed E-state index contributed by atoms with van der Waals surface area (Å²) in [6, 6.07) is 4.12. The molecule has 1 heterocycles. The molecular formula is C10H7Cl3N4O2. The standard InChI is InChI=1S/C10H7Cl3N4O2/c11-4-1-5(12)9(6(13)2-4)19-8-3-7(14)17(18)10(15)16-8/h1-3,15,18H,14H2. The van der Waals surface area contributed by atoms with Crippen LogP contribution in [-0.2, 0) is 0 Å². The van der Waals surface area contributed by atoms with Gasteiger partial charge in [0.2, 0.25) is 5.88 Å². The molecule has 0 saturated heterocycles. The van der Waals surface area contributed by atoms with E-state index in [-0.39, 0.29) is 27.5 Å². The van der Waals surface area contributed by atoms with E-state index in [2.05, 4.69) is 4.98 Å². The Morgan fingerprint density at radius 2 is 1.79 bits per heavy atom. The number of nitrogens with one attached hydrogen (secondary N) is 1. The van der Waals surface area contributed by atoms with Gasteiger partial charge in [0.25, 0.3) is 5.62 Å². The molecule has 0 atom stereocenters. The highest BCUT2D eigenvalue weighted by Crippen LogP contribution is 2.38. The molecule has 0 aliphatic carbocycles. The number of hydrogen-bond donors (Lipinski definition) is 3. The van der Waals surface area contributed by atoms with Crippen LogP contribution in [0.2, 0.25) is 15.1 Å². The van der Waals surface area contributed by atoms with E-state index < -0.39 is 5.62 Å². The molecule has 0 bridgehead atoms. The molecule has 2 aromatic rings. The van der Waals surface area contributed by atoms with Gasteiger partial charge < -0.3 is 15.7 Å². The van der Waals surface area contributed by atoms with Crippen molar-refractivity contribution in [3.8, 4) is 11.6 Å². The Morgan fingerprint density at radius 3 is 2.32 bits per heavy atom. The Kier molecular flexibility index (Phi) is 3.75. The van der Waals surface area contributed by atoms with E-state index in [1.165, 1.54) is 18.2 Å². The van der Waals surface area contributed by atoms with E-state index in [9.17, 15) is 5.21 Å². The van der Waals surface area contributed by atoms with Gasteiger partial charge in [-0.1, -0.05) is 34.8 Å². The van der Waals surface area contributed by atoms with E-state index in [1.807, 2.05) is 0 Å². The lowest BCUT2D eigenvalue weighted by molar-refractivity contribution is 0.170. The van der Waals surface area contributed by atoms with Crippen LogP contribution in [-0.4, -0.2) is 14.9 Å². The first-order valence-electron chi connectivity index (χ1n) is 4.84. The molecule has 0 fully saturated rings. The van der Waals surface area contributed by atoms with E-state index in [0.29, 0.717) is 9.75 Å². The molecule has 19 heavy (non-hydrogen) atoms. The number of nitrogens with zero attached hydrogens (tertiary/aromatic N) is 2. The monoisotopic (exact) mass is 320 g/mol. The predicted octanol–water partition coefficient (Wildman–Crippen LogP) is 2.93. The highest BCUT2D eigenvalue weighted by atomic mass is 35.5. The minimum Gasteiger partial charge on any atom is -0.436 e. The minimum atomic E-state index is -0.490. The number of nitrogens with two attached hydrogens (primary N) is 1. The summed E-state index contributed by atoms with van der Waals surface area (Å²) in [6.07, 6.45) is 0. The summed E-state index contributed by atoms with van der Waals surface area (Å²) in [5.41, 5.74) is 4.97. The van der Waals surface area contributed by atoms with Crippen LogP contribution in [0.5, 0.6) is 11.6 Å². The largest absolute Gasteiger partial charge is 0.436 e. The molecule has 0 spiro atoms. The van der Waals surface area contributed by atoms with Gasteiger partial charge in [-0.3, -0.25) is 5.41 Å². The summed E-state index contributed by atoms with van der Waals surface area (Å²) in [5.74, 6) is -0.00939. The third-order valence-electron chi connectivity index (χ3n) is 2.10. The lowest BCUT2D eigenvalue weighted by Crippen LogP contribution is -2.23. The molecular weight excluding hydrogens is 314 g/mol. The van der Waals surface area contributed by atoms with Gasteiger partial charge in [0.05, 0.1) is 10.0 Å². The number of aromatic nitrogens is 2. The van der Waals surface area contributed by atoms with Crippen molar-refractivity contribution in [2.45, 2.75) is 0 Å². The van der Waals surface area contributed by atoms with Crippen molar-refractivity contribution in [1.29, 1.82) is 5.41 Å². The van der Waals surface area contributed by atoms with Gasteiger partial charge in [-0.05, 0) is 12.1 Å². The number of ether oxygens (including phenoxy) is 1. The Morgan fingerprint density at radius 1 is 1.21 bits per heavy atom. The zero-order valence-corrected chi connectivity index (χ0v) is 11.5. The molecule has 0 radical (unpaired) electrons. The zero-order valence-electron chi connectivity index (χ0n) is 9.19. The maximum absolute atomic E-state index is 9.26. The van der Waals surface area contributed by atoms with Crippen LogP contribution in [0.3, 0.4) is 0 Å². The van der Waals surface area contributed by atoms with Gasteiger partial charge in [-0.25, -0.2) is 0 Å². The number of nitrogen functional groups attached to an aromatic ring is 1. The Labute approximate surface area is 122 Å². The molecule has 0 unspecified atom stereocenters. The van der Waals surface area contributed by atoms with Crippen molar-refractivity contribution in [2.75, 3.05) is 5.73 Å². The molecule has 100 valence electrons. The Hall–Kier alpha value is -1.63. The summed E-state index contributed by atoms with van der Waals surface area (Å²) in [6.45, 7) is 0. The molecule has 0 amide bonds. The summed E-state index contributed by atoms with van der Waals surface area (Å²) >= 11 is 17.7. The maximum Gasteiger partial charge on any atom is 0.260 e. The summed E-state index contributed by atoms with van der Waals surface area (Å²) in [7, 11) is 0. The molecule has 6 nitrogen and oxygen atoms in total. The smallest absolute Gasteiger partial charge is 0.260 e. The van der Waals surface area contributed by atoms with E-state index in [4.69, 9.17) is 50.7 Å². The van der Waals surface area contributed by atoms with Gasteiger partial charge in [0.15, 0.2) is 5.75 Å². The molecule has 1 aromatic heterocycles. The van der Waals surface area contributed by atoms with Crippen molar-refractivity contribution in [1.82, 2.24) is 9.71 Å². The van der Waals surface area contributed by atoms with Crippen LogP contribution in [0.1, 0.15) is 0 Å². The SMILES string of the molecule is N=c1nc(Oc2c(Cl)cc(Cl)cc2Cl)cc(N)n1O. The topological polar surface area (TPSA) is 97.1 Å². The highest BCUT2D eigenvalue weighted by molar-refractivity contribution is 6.40. The summed E-state index contributed by atoms with van der Waals surface area (Å²) < 4.78 is 5.75. The van der Waals surface area contributed by atoms with E-state index in [1.54, 1.807) is 0 Å². The average molecular weight is 322 g/mol. The molecule has 0 saturated carbocycles. The normalized spacial score (nSPS) is 10.5. The second-order valence-electron chi connectivity index (χ2n) is 3.46. The van der Waals surface area contributed by atoms with Crippen LogP contribution in [0.25, 0.3) is 0 Å². The molecule has 4 N–H and O–H groups in total. The second-order valence-corrected chi connectivity index (χ2v) is 4.71. The third kappa shape index (κ3) is 2.86. The van der Waals surface area contributed by atoms with E-state index in [0.717, 1.165) is 0 Å². The van der Waals surface area contributed by atoms with Crippen LogP contribution < -0.4 is 16.1 Å². The maximum atomic E-state index is 9.26. The lowest BCUT2D eigenvalue weighted by atomic mass is 10.3. The first-order chi connectivity index (χ1) is 8.88. The zero-order chi connectivity index (χ0) is 14.2. The van der Waals surface area contributed by atoms with Gasteiger partial charge in [-0.2, -0.15) is 4.98 Å². The minimum absolute atomic E-state index is 0.0288. The second kappa shape index (κ2) is 5.16. The predicted molar refractivity (Wildman–Crippen MR) is 71.2 cm³/mol. The number of rotatable bonds is 2. The van der Waals surface area contributed by atoms with Gasteiger partial charge in [0.1, 0.15) is 5.82 Å². The molecule has 1 aromatic carbocycles. The first-order valence-corrected chi connectivity index (χ1v) is 5.97. The Balaban J connectivity index is 2.45. The van der Waals surface area contributed by atoms with Crippen LogP contribution in [0.15, 0.2) is 18.2 Å². The number of halogens is 3. The van der Waals surface area contributed by atoms with Gasteiger partial charge >= 0.3 is 0 Å². The average Bonchev–Trinajstić information content (AvgIpc) is 2.30. The third-order valence-corrected chi connectivity index (χ3v) is 2.88. The fraction of sp³-hybridized carbons (Fsp3) is 0. The molecule has 2 rings (SSSR count). The van der Waals surface area contributed by atoms with Crippen molar-refractivity contribution < 1.29 is 9.94 Å². The summed E-state index contributed by atoms with van der Waals surface area (Å²) in [5, 5.41) is 17.4. The van der Waals surface area contributed by atoms with Crippen LogP contribution in [0, 0.1) is 5.41 Å². The van der Waals surface area contributed by atoms with Crippen molar-refractivity contribution in [3.05, 3.63) is 38.9 Å². The fourth-order valence-electron chi connectivity index (χ4n) is 1.28. The summed E-state index contributed by atoms with van der Waals surface area (Å²) in [4.78, 5) is 3.66. The lowest BCUT2D eigenvalue weighted by Gasteiger charge is -2.10. The van der Waals surface area contributed by atoms with E-state index >= 15 is 0 Å². The molecule has 9 heteroatoms. The van der Waals surface area contributed by atoms with Gasteiger partial charge in [-0.15, -0.1) is 4.73 Å². The van der Waals surface area contributed by atoms with Crippen LogP contribution >= 0.6 is 34.8 Å². The Bertz CT molecular complexity index is 679. The van der Waals surface area contributed by atoms with Crippen molar-refractivity contribution in [3.63, 3.8) is 0 Å². The quantitative estimate of drug-likeness (QED) is 0.741. The fourth-order valence-corrected chi connectivity index (χ4v) is 2.17. The number of anilines is 1. The van der Waals surface area contributed by atoms with Crippen LogP contribution in [0.4, 0.5) is 5.82 Å². The molecule has 0 aliphatic rings. The van der Waals surface area contributed by atoms with Crippen molar-refractivity contribution >= 4 is 40.6 Å². The highest BCUT2D eigenvalue weighted by Gasteiger charge is 2.12.